The summed E-state index contributed by atoms with van der Waals surface area (Å²) in [4.78, 5) is 17.9. The van der Waals surface area contributed by atoms with Gasteiger partial charge in [-0.25, -0.2) is 4.39 Å². The van der Waals surface area contributed by atoms with Crippen LogP contribution in [0.1, 0.15) is 37.5 Å². The van der Waals surface area contributed by atoms with Crippen molar-refractivity contribution < 1.29 is 14.0 Å². The van der Waals surface area contributed by atoms with Crippen LogP contribution in [0.2, 0.25) is 0 Å². The SMILES string of the molecule is CC(C)(C)NCCc1ccc(COn2ccc(OCc3ccc(F)cc3)cc2=O)cc1. The van der Waals surface area contributed by atoms with Crippen molar-refractivity contribution in [3.8, 4) is 5.75 Å². The molecule has 1 heterocycles. The van der Waals surface area contributed by atoms with Gasteiger partial charge in [-0.1, -0.05) is 36.4 Å². The highest BCUT2D eigenvalue weighted by Gasteiger charge is 2.08. The molecule has 0 radical (unpaired) electrons. The third kappa shape index (κ3) is 7.57. The van der Waals surface area contributed by atoms with Crippen molar-refractivity contribution in [3.63, 3.8) is 0 Å². The summed E-state index contributed by atoms with van der Waals surface area (Å²) in [6, 6.07) is 17.3. The van der Waals surface area contributed by atoms with Crippen LogP contribution in [0.25, 0.3) is 0 Å². The van der Waals surface area contributed by atoms with Crippen LogP contribution in [0.4, 0.5) is 4.39 Å². The van der Waals surface area contributed by atoms with E-state index in [1.807, 2.05) is 12.1 Å². The van der Waals surface area contributed by atoms with E-state index >= 15 is 0 Å². The molecule has 0 saturated carbocycles. The smallest absolute Gasteiger partial charge is 0.286 e. The van der Waals surface area contributed by atoms with E-state index in [0.29, 0.717) is 5.75 Å². The summed E-state index contributed by atoms with van der Waals surface area (Å²) in [7, 11) is 0. The molecule has 0 atom stereocenters. The molecule has 0 unspecified atom stereocenters. The van der Waals surface area contributed by atoms with E-state index in [0.717, 1.165) is 24.1 Å². The molecule has 0 aliphatic heterocycles. The molecule has 6 heteroatoms. The van der Waals surface area contributed by atoms with Crippen LogP contribution in [-0.2, 0) is 19.6 Å². The van der Waals surface area contributed by atoms with Crippen LogP contribution >= 0.6 is 0 Å². The predicted octanol–water partition coefficient (Wildman–Crippen LogP) is 4.13. The third-order valence-electron chi connectivity index (χ3n) is 4.64. The lowest BCUT2D eigenvalue weighted by Crippen LogP contribution is -2.37. The standard InChI is InChI=1S/C25H29FN2O3/c1-25(2,3)27-14-12-19-4-6-21(7-5-19)18-31-28-15-13-23(16-24(28)29)30-17-20-8-10-22(26)11-9-20/h4-11,13,15-16,27H,12,14,17-18H2,1-3H3. The number of nitrogens with one attached hydrogen (secondary N) is 1. The van der Waals surface area contributed by atoms with E-state index in [4.69, 9.17) is 9.57 Å². The summed E-state index contributed by atoms with van der Waals surface area (Å²) in [5.41, 5.74) is 2.85. The minimum absolute atomic E-state index is 0.114. The molecule has 0 bridgehead atoms. The van der Waals surface area contributed by atoms with Gasteiger partial charge in [0.25, 0.3) is 5.56 Å². The zero-order valence-electron chi connectivity index (χ0n) is 18.2. The van der Waals surface area contributed by atoms with Crippen molar-refractivity contribution in [2.75, 3.05) is 6.54 Å². The molecule has 3 aromatic rings. The summed E-state index contributed by atoms with van der Waals surface area (Å²) in [6.07, 6.45) is 2.49. The van der Waals surface area contributed by atoms with Crippen molar-refractivity contribution in [2.45, 2.75) is 45.9 Å². The first kappa shape index (κ1) is 22.6. The lowest BCUT2D eigenvalue weighted by molar-refractivity contribution is 0.0884. The van der Waals surface area contributed by atoms with E-state index in [9.17, 15) is 9.18 Å². The van der Waals surface area contributed by atoms with Gasteiger partial charge in [-0.15, -0.1) is 0 Å². The maximum absolute atomic E-state index is 12.9. The van der Waals surface area contributed by atoms with E-state index in [-0.39, 0.29) is 30.1 Å². The molecule has 1 N–H and O–H groups in total. The van der Waals surface area contributed by atoms with Gasteiger partial charge in [-0.3, -0.25) is 4.79 Å². The molecule has 0 spiro atoms. The fourth-order valence-corrected chi connectivity index (χ4v) is 2.92. The molecule has 0 aliphatic carbocycles. The lowest BCUT2D eigenvalue weighted by Gasteiger charge is -2.20. The van der Waals surface area contributed by atoms with E-state index < -0.39 is 0 Å². The Balaban J connectivity index is 1.49. The van der Waals surface area contributed by atoms with Gasteiger partial charge in [-0.05, 0) is 62.6 Å². The Labute approximate surface area is 182 Å². The second-order valence-corrected chi connectivity index (χ2v) is 8.46. The Kier molecular flexibility index (Phi) is 7.47. The lowest BCUT2D eigenvalue weighted by atomic mass is 10.1. The molecular weight excluding hydrogens is 395 g/mol. The second-order valence-electron chi connectivity index (χ2n) is 8.46. The molecule has 0 fully saturated rings. The molecule has 0 saturated heterocycles. The Bertz CT molecular complexity index is 1020. The number of halogens is 1. The zero-order chi connectivity index (χ0) is 22.3. The number of pyridine rings is 1. The molecule has 31 heavy (non-hydrogen) atoms. The highest BCUT2D eigenvalue weighted by molar-refractivity contribution is 5.23. The van der Waals surface area contributed by atoms with Crippen LogP contribution in [-0.4, -0.2) is 16.8 Å². The van der Waals surface area contributed by atoms with E-state index in [1.165, 1.54) is 34.7 Å². The maximum atomic E-state index is 12.9. The molecular formula is C25H29FN2O3. The molecule has 2 aromatic carbocycles. The van der Waals surface area contributed by atoms with Crippen LogP contribution in [0, 0.1) is 5.82 Å². The molecule has 0 aliphatic rings. The second kappa shape index (κ2) is 10.3. The highest BCUT2D eigenvalue weighted by atomic mass is 19.1. The van der Waals surface area contributed by atoms with Gasteiger partial charge in [0, 0.05) is 17.7 Å². The highest BCUT2D eigenvalue weighted by Crippen LogP contribution is 2.11. The first-order valence-corrected chi connectivity index (χ1v) is 10.3. The van der Waals surface area contributed by atoms with Crippen molar-refractivity contribution >= 4 is 0 Å². The van der Waals surface area contributed by atoms with Gasteiger partial charge < -0.3 is 14.9 Å². The van der Waals surface area contributed by atoms with Crippen molar-refractivity contribution in [1.82, 2.24) is 10.0 Å². The summed E-state index contributed by atoms with van der Waals surface area (Å²) in [5, 5.41) is 3.47. The Hall–Kier alpha value is -3.12. The molecule has 164 valence electrons. The summed E-state index contributed by atoms with van der Waals surface area (Å²) < 4.78 is 19.7. The maximum Gasteiger partial charge on any atom is 0.286 e. The van der Waals surface area contributed by atoms with Crippen LogP contribution in [0.3, 0.4) is 0 Å². The van der Waals surface area contributed by atoms with Gasteiger partial charge in [-0.2, -0.15) is 4.73 Å². The summed E-state index contributed by atoms with van der Waals surface area (Å²) >= 11 is 0. The Morgan fingerprint density at radius 3 is 2.16 bits per heavy atom. The minimum Gasteiger partial charge on any atom is -0.489 e. The average Bonchev–Trinajstić information content (AvgIpc) is 2.73. The molecule has 5 nitrogen and oxygen atoms in total. The number of rotatable bonds is 9. The zero-order valence-corrected chi connectivity index (χ0v) is 18.2. The monoisotopic (exact) mass is 424 g/mol. The number of ether oxygens (including phenoxy) is 1. The van der Waals surface area contributed by atoms with Crippen molar-refractivity contribution in [3.05, 3.63) is 99.7 Å². The fourth-order valence-electron chi connectivity index (χ4n) is 2.92. The Morgan fingerprint density at radius 2 is 1.52 bits per heavy atom. The third-order valence-corrected chi connectivity index (χ3v) is 4.64. The van der Waals surface area contributed by atoms with Gasteiger partial charge in [0.05, 0.1) is 6.20 Å². The van der Waals surface area contributed by atoms with Crippen molar-refractivity contribution in [2.24, 2.45) is 0 Å². The first-order chi connectivity index (χ1) is 14.8. The van der Waals surface area contributed by atoms with Crippen LogP contribution in [0.15, 0.2) is 71.7 Å². The molecule has 3 rings (SSSR count). The number of nitrogens with zero attached hydrogens (tertiary/aromatic N) is 1. The normalized spacial score (nSPS) is 11.4. The van der Waals surface area contributed by atoms with E-state index in [1.54, 1.807) is 18.2 Å². The first-order valence-electron chi connectivity index (χ1n) is 10.3. The minimum atomic E-state index is -0.318. The van der Waals surface area contributed by atoms with Gasteiger partial charge in [0.15, 0.2) is 0 Å². The van der Waals surface area contributed by atoms with Crippen LogP contribution < -0.4 is 20.5 Å². The van der Waals surface area contributed by atoms with Gasteiger partial charge >= 0.3 is 0 Å². The number of hydrogen-bond acceptors (Lipinski definition) is 4. The predicted molar refractivity (Wildman–Crippen MR) is 120 cm³/mol. The van der Waals surface area contributed by atoms with E-state index in [2.05, 4.69) is 38.2 Å². The van der Waals surface area contributed by atoms with Gasteiger partial charge in [0.1, 0.15) is 24.8 Å². The number of hydrogen-bond donors (Lipinski definition) is 1. The summed E-state index contributed by atoms with van der Waals surface area (Å²) in [5.74, 6) is 0.137. The average molecular weight is 425 g/mol. The number of benzene rings is 2. The Morgan fingerprint density at radius 1 is 0.903 bits per heavy atom. The molecule has 1 aromatic heterocycles. The number of aromatic nitrogens is 1. The topological polar surface area (TPSA) is 52.5 Å². The quantitative estimate of drug-likeness (QED) is 0.561. The summed E-state index contributed by atoms with van der Waals surface area (Å²) in [6.45, 7) is 7.92. The largest absolute Gasteiger partial charge is 0.489 e. The fraction of sp³-hybridized carbons (Fsp3) is 0.320. The van der Waals surface area contributed by atoms with Crippen molar-refractivity contribution in [1.29, 1.82) is 0 Å². The molecule has 0 amide bonds. The van der Waals surface area contributed by atoms with Gasteiger partial charge in [0.2, 0.25) is 0 Å². The van der Waals surface area contributed by atoms with Crippen LogP contribution in [0.5, 0.6) is 5.75 Å².